The van der Waals surface area contributed by atoms with Crippen molar-refractivity contribution in [1.82, 2.24) is 4.98 Å². The molecule has 2 aromatic rings. The van der Waals surface area contributed by atoms with E-state index >= 15 is 0 Å². The first kappa shape index (κ1) is 15.8. The van der Waals surface area contributed by atoms with E-state index < -0.39 is 0 Å². The van der Waals surface area contributed by atoms with E-state index in [9.17, 15) is 4.79 Å². The standard InChI is InChI=1S/C16H15Cl2NO2/c17-7-1-9-21-14-4-2-12(3-5-14)16(20)10-13-11-19-8-6-15(13)18/h2-6,8,11H,1,7,9-10H2. The quantitative estimate of drug-likeness (QED) is 0.436. The van der Waals surface area contributed by atoms with Crippen LogP contribution < -0.4 is 4.74 Å². The van der Waals surface area contributed by atoms with Gasteiger partial charge < -0.3 is 4.74 Å². The molecule has 0 radical (unpaired) electrons. The second-order valence-corrected chi connectivity index (χ2v) is 5.27. The number of rotatable bonds is 7. The van der Waals surface area contributed by atoms with E-state index in [1.165, 1.54) is 0 Å². The number of hydrogen-bond donors (Lipinski definition) is 0. The molecule has 0 saturated heterocycles. The van der Waals surface area contributed by atoms with Gasteiger partial charge in [-0.3, -0.25) is 9.78 Å². The van der Waals surface area contributed by atoms with Crippen LogP contribution in [0.15, 0.2) is 42.7 Å². The number of pyridine rings is 1. The number of carbonyl (C=O) groups excluding carboxylic acids is 1. The van der Waals surface area contributed by atoms with Crippen LogP contribution in [0.5, 0.6) is 5.75 Å². The van der Waals surface area contributed by atoms with Gasteiger partial charge in [-0.05, 0) is 42.3 Å². The van der Waals surface area contributed by atoms with Gasteiger partial charge in [-0.25, -0.2) is 0 Å². The molecule has 21 heavy (non-hydrogen) atoms. The minimum absolute atomic E-state index is 0.00259. The Hall–Kier alpha value is -1.58. The summed E-state index contributed by atoms with van der Waals surface area (Å²) in [6.45, 7) is 0.572. The van der Waals surface area contributed by atoms with E-state index in [-0.39, 0.29) is 12.2 Å². The van der Waals surface area contributed by atoms with Gasteiger partial charge in [-0.1, -0.05) is 11.6 Å². The molecular weight excluding hydrogens is 309 g/mol. The highest BCUT2D eigenvalue weighted by molar-refractivity contribution is 6.31. The lowest BCUT2D eigenvalue weighted by Crippen LogP contribution is -2.04. The van der Waals surface area contributed by atoms with E-state index in [1.54, 1.807) is 42.7 Å². The molecule has 2 rings (SSSR count). The summed E-state index contributed by atoms with van der Waals surface area (Å²) in [5, 5.41) is 0.555. The SMILES string of the molecule is O=C(Cc1cnccc1Cl)c1ccc(OCCCCl)cc1. The Morgan fingerprint density at radius 3 is 2.62 bits per heavy atom. The third kappa shape index (κ3) is 4.73. The predicted octanol–water partition coefficient (Wildman–Crippen LogP) is 4.17. The second-order valence-electron chi connectivity index (χ2n) is 4.48. The summed E-state index contributed by atoms with van der Waals surface area (Å²) >= 11 is 11.6. The molecule has 0 saturated carbocycles. The van der Waals surface area contributed by atoms with E-state index in [0.717, 1.165) is 17.7 Å². The van der Waals surface area contributed by atoms with Gasteiger partial charge >= 0.3 is 0 Å². The van der Waals surface area contributed by atoms with E-state index in [2.05, 4.69) is 4.98 Å². The highest BCUT2D eigenvalue weighted by atomic mass is 35.5. The van der Waals surface area contributed by atoms with Gasteiger partial charge in [-0.15, -0.1) is 11.6 Å². The van der Waals surface area contributed by atoms with Crippen molar-refractivity contribution in [2.45, 2.75) is 12.8 Å². The van der Waals surface area contributed by atoms with E-state index in [0.29, 0.717) is 23.1 Å². The topological polar surface area (TPSA) is 39.2 Å². The average molecular weight is 324 g/mol. The Kier molecular flexibility index (Phi) is 6.03. The molecule has 0 aliphatic rings. The van der Waals surface area contributed by atoms with Crippen molar-refractivity contribution in [2.75, 3.05) is 12.5 Å². The van der Waals surface area contributed by atoms with Crippen LogP contribution in [0.4, 0.5) is 0 Å². The Balaban J connectivity index is 1.98. The van der Waals surface area contributed by atoms with E-state index in [1.807, 2.05) is 0 Å². The van der Waals surface area contributed by atoms with Gasteiger partial charge in [0, 0.05) is 35.3 Å². The summed E-state index contributed by atoms with van der Waals surface area (Å²) < 4.78 is 5.49. The molecule has 0 aliphatic heterocycles. The van der Waals surface area contributed by atoms with Crippen LogP contribution in [0.1, 0.15) is 22.3 Å². The van der Waals surface area contributed by atoms with Gasteiger partial charge in [0.1, 0.15) is 5.75 Å². The number of ether oxygens (including phenoxy) is 1. The van der Waals surface area contributed by atoms with Crippen LogP contribution in [0, 0.1) is 0 Å². The molecule has 0 atom stereocenters. The first-order valence-corrected chi connectivity index (χ1v) is 7.52. The molecule has 0 aliphatic carbocycles. The normalized spacial score (nSPS) is 10.4. The molecule has 0 N–H and O–H groups in total. The van der Waals surface area contributed by atoms with Crippen molar-refractivity contribution in [2.24, 2.45) is 0 Å². The van der Waals surface area contributed by atoms with E-state index in [4.69, 9.17) is 27.9 Å². The fraction of sp³-hybridized carbons (Fsp3) is 0.250. The van der Waals surface area contributed by atoms with Crippen molar-refractivity contribution in [3.63, 3.8) is 0 Å². The van der Waals surface area contributed by atoms with Crippen LogP contribution in [-0.2, 0) is 6.42 Å². The summed E-state index contributed by atoms with van der Waals surface area (Å²) in [6, 6.07) is 8.75. The first-order valence-electron chi connectivity index (χ1n) is 6.61. The molecule has 5 heteroatoms. The minimum Gasteiger partial charge on any atom is -0.494 e. The summed E-state index contributed by atoms with van der Waals surface area (Å²) in [4.78, 5) is 16.2. The lowest BCUT2D eigenvalue weighted by molar-refractivity contribution is 0.0993. The van der Waals surface area contributed by atoms with Crippen LogP contribution in [-0.4, -0.2) is 23.3 Å². The molecule has 0 unspecified atom stereocenters. The monoisotopic (exact) mass is 323 g/mol. The minimum atomic E-state index is -0.00259. The molecule has 110 valence electrons. The largest absolute Gasteiger partial charge is 0.494 e. The number of ketones is 1. The zero-order valence-corrected chi connectivity index (χ0v) is 12.9. The molecule has 1 aromatic heterocycles. The molecule has 0 spiro atoms. The molecular formula is C16H15Cl2NO2. The van der Waals surface area contributed by atoms with Gasteiger partial charge in [0.05, 0.1) is 6.61 Å². The second kappa shape index (κ2) is 8.01. The number of alkyl halides is 1. The molecule has 1 aromatic carbocycles. The van der Waals surface area contributed by atoms with Crippen molar-refractivity contribution in [3.05, 3.63) is 58.9 Å². The maximum atomic E-state index is 12.2. The lowest BCUT2D eigenvalue weighted by atomic mass is 10.0. The van der Waals surface area contributed by atoms with Crippen molar-refractivity contribution < 1.29 is 9.53 Å². The molecule has 0 fully saturated rings. The first-order chi connectivity index (χ1) is 10.2. The van der Waals surface area contributed by atoms with Crippen LogP contribution >= 0.6 is 23.2 Å². The highest BCUT2D eigenvalue weighted by Crippen LogP contribution is 2.18. The Bertz CT molecular complexity index is 599. The smallest absolute Gasteiger partial charge is 0.167 e. The Morgan fingerprint density at radius 2 is 1.95 bits per heavy atom. The summed E-state index contributed by atoms with van der Waals surface area (Å²) in [7, 11) is 0. The average Bonchev–Trinajstić information content (AvgIpc) is 2.50. The fourth-order valence-electron chi connectivity index (χ4n) is 1.80. The third-order valence-corrected chi connectivity index (χ3v) is 3.55. The van der Waals surface area contributed by atoms with Crippen LogP contribution in [0.3, 0.4) is 0 Å². The number of carbonyl (C=O) groups is 1. The number of Topliss-reactive ketones (excluding diaryl/α,β-unsaturated/α-hetero) is 1. The zero-order valence-electron chi connectivity index (χ0n) is 11.4. The third-order valence-electron chi connectivity index (χ3n) is 2.92. The van der Waals surface area contributed by atoms with Gasteiger partial charge in [0.2, 0.25) is 0 Å². The van der Waals surface area contributed by atoms with Gasteiger partial charge in [-0.2, -0.15) is 0 Å². The fourth-order valence-corrected chi connectivity index (χ4v) is 2.08. The van der Waals surface area contributed by atoms with Crippen molar-refractivity contribution >= 4 is 29.0 Å². The maximum Gasteiger partial charge on any atom is 0.167 e. The van der Waals surface area contributed by atoms with Gasteiger partial charge in [0.25, 0.3) is 0 Å². The van der Waals surface area contributed by atoms with Gasteiger partial charge in [0.15, 0.2) is 5.78 Å². The molecule has 3 nitrogen and oxygen atoms in total. The maximum absolute atomic E-state index is 12.2. The predicted molar refractivity (Wildman–Crippen MR) is 84.6 cm³/mol. The van der Waals surface area contributed by atoms with Crippen LogP contribution in [0.25, 0.3) is 0 Å². The van der Waals surface area contributed by atoms with Crippen LogP contribution in [0.2, 0.25) is 5.02 Å². The Labute approximate surface area is 133 Å². The Morgan fingerprint density at radius 1 is 1.19 bits per heavy atom. The highest BCUT2D eigenvalue weighted by Gasteiger charge is 2.10. The number of aromatic nitrogens is 1. The number of hydrogen-bond acceptors (Lipinski definition) is 3. The lowest BCUT2D eigenvalue weighted by Gasteiger charge is -2.06. The zero-order chi connectivity index (χ0) is 15.1. The summed E-state index contributed by atoms with van der Waals surface area (Å²) in [5.41, 5.74) is 1.35. The molecule has 1 heterocycles. The van der Waals surface area contributed by atoms with Crippen molar-refractivity contribution in [1.29, 1.82) is 0 Å². The molecule has 0 bridgehead atoms. The molecule has 0 amide bonds. The number of benzene rings is 1. The van der Waals surface area contributed by atoms with Crippen molar-refractivity contribution in [3.8, 4) is 5.75 Å². The number of halogens is 2. The number of nitrogens with zero attached hydrogens (tertiary/aromatic N) is 1. The summed E-state index contributed by atoms with van der Waals surface area (Å²) in [6.07, 6.45) is 4.24. The summed E-state index contributed by atoms with van der Waals surface area (Å²) in [5.74, 6) is 1.30.